The Morgan fingerprint density at radius 2 is 2.09 bits per heavy atom. The van der Waals surface area contributed by atoms with Crippen LogP contribution in [0.4, 0.5) is 5.69 Å². The van der Waals surface area contributed by atoms with Gasteiger partial charge in [-0.15, -0.1) is 0 Å². The van der Waals surface area contributed by atoms with Gasteiger partial charge in [-0.3, -0.25) is 4.79 Å². The maximum Gasteiger partial charge on any atom is 0.264 e. The summed E-state index contributed by atoms with van der Waals surface area (Å²) in [6.07, 6.45) is 6.92. The molecule has 1 saturated heterocycles. The molecule has 4 nitrogen and oxygen atoms in total. The lowest BCUT2D eigenvalue weighted by Crippen LogP contribution is -2.19. The number of furan rings is 1. The Morgan fingerprint density at radius 1 is 1.23 bits per heavy atom. The number of hydrogen-bond donors (Lipinski definition) is 1. The van der Waals surface area contributed by atoms with E-state index in [1.807, 2.05) is 36.4 Å². The van der Waals surface area contributed by atoms with E-state index in [1.165, 1.54) is 11.8 Å². The average Bonchev–Trinajstić information content (AvgIpc) is 3.12. The van der Waals surface area contributed by atoms with Crippen LogP contribution < -0.4 is 5.32 Å². The van der Waals surface area contributed by atoms with Gasteiger partial charge in [-0.05, 0) is 64.1 Å². The van der Waals surface area contributed by atoms with Crippen LogP contribution in [-0.4, -0.2) is 11.1 Å². The van der Waals surface area contributed by atoms with Gasteiger partial charge in [0.05, 0.1) is 16.9 Å². The van der Waals surface area contributed by atoms with Crippen LogP contribution in [0.5, 0.6) is 0 Å². The lowest BCUT2D eigenvalue weighted by Gasteiger charge is -1.98. The summed E-state index contributed by atoms with van der Waals surface area (Å²) in [5.41, 5.74) is 0.776. The largest absolute Gasteiger partial charge is 0.465 e. The number of benzene rings is 1. The van der Waals surface area contributed by atoms with Crippen LogP contribution in [0.3, 0.4) is 0 Å². The lowest BCUT2D eigenvalue weighted by molar-refractivity contribution is -0.115. The molecule has 1 aromatic heterocycles. The zero-order chi connectivity index (χ0) is 15.4. The number of rotatable bonds is 3. The van der Waals surface area contributed by atoms with Gasteiger partial charge in [-0.1, -0.05) is 18.2 Å². The van der Waals surface area contributed by atoms with E-state index in [4.69, 9.17) is 4.42 Å². The maximum absolute atomic E-state index is 11.9. The number of hydrogen-bond acceptors (Lipinski definition) is 4. The van der Waals surface area contributed by atoms with E-state index >= 15 is 0 Å². The van der Waals surface area contributed by atoms with E-state index in [1.54, 1.807) is 24.5 Å². The summed E-state index contributed by atoms with van der Waals surface area (Å²) in [7, 11) is 0. The van der Waals surface area contributed by atoms with Crippen molar-refractivity contribution in [3.05, 3.63) is 70.0 Å². The first kappa shape index (κ1) is 14.9. The van der Waals surface area contributed by atoms with Gasteiger partial charge in [0.1, 0.15) is 5.76 Å². The molecule has 1 aromatic carbocycles. The zero-order valence-electron chi connectivity index (χ0n) is 11.3. The Balaban J connectivity index is 1.74. The van der Waals surface area contributed by atoms with Crippen LogP contribution in [-0.2, 0) is 4.79 Å². The van der Waals surface area contributed by atoms with Gasteiger partial charge in [-0.25, -0.2) is 4.99 Å². The number of halogens is 1. The summed E-state index contributed by atoms with van der Waals surface area (Å²) in [6.45, 7) is 0. The second-order valence-corrected chi connectivity index (χ2v) is 6.21. The van der Waals surface area contributed by atoms with Gasteiger partial charge in [-0.2, -0.15) is 0 Å². The molecule has 110 valence electrons. The number of para-hydroxylation sites is 1. The molecule has 2 aromatic rings. The molecule has 0 unspecified atom stereocenters. The van der Waals surface area contributed by atoms with Crippen LogP contribution >= 0.6 is 27.7 Å². The van der Waals surface area contributed by atoms with E-state index in [0.717, 1.165) is 15.9 Å². The molecule has 1 aliphatic heterocycles. The van der Waals surface area contributed by atoms with E-state index in [0.29, 0.717) is 10.1 Å². The second kappa shape index (κ2) is 6.81. The van der Waals surface area contributed by atoms with Crippen molar-refractivity contribution in [3.8, 4) is 0 Å². The average molecular weight is 375 g/mol. The number of amides is 1. The van der Waals surface area contributed by atoms with Gasteiger partial charge in [0.2, 0.25) is 0 Å². The SMILES string of the molecule is O=C1NC(=Nc2ccccc2Br)SC1=CC=Cc1ccco1. The molecule has 1 aliphatic rings. The van der Waals surface area contributed by atoms with Crippen LogP contribution in [0.15, 0.2) is 73.6 Å². The van der Waals surface area contributed by atoms with Crippen molar-refractivity contribution < 1.29 is 9.21 Å². The highest BCUT2D eigenvalue weighted by Gasteiger charge is 2.23. The molecule has 0 bridgehead atoms. The Kier molecular flexibility index (Phi) is 4.60. The summed E-state index contributed by atoms with van der Waals surface area (Å²) >= 11 is 4.74. The van der Waals surface area contributed by atoms with Gasteiger partial charge in [0.15, 0.2) is 5.17 Å². The predicted octanol–water partition coefficient (Wildman–Crippen LogP) is 4.49. The van der Waals surface area contributed by atoms with Crippen molar-refractivity contribution in [2.24, 2.45) is 4.99 Å². The third-order valence-corrected chi connectivity index (χ3v) is 4.38. The molecule has 0 saturated carbocycles. The molecule has 1 fully saturated rings. The first-order chi connectivity index (χ1) is 10.7. The van der Waals surface area contributed by atoms with Crippen molar-refractivity contribution in [1.82, 2.24) is 5.32 Å². The zero-order valence-corrected chi connectivity index (χ0v) is 13.7. The number of allylic oxidation sites excluding steroid dienone is 2. The molecule has 0 radical (unpaired) electrons. The monoisotopic (exact) mass is 374 g/mol. The van der Waals surface area contributed by atoms with Gasteiger partial charge >= 0.3 is 0 Å². The van der Waals surface area contributed by atoms with Crippen molar-refractivity contribution in [1.29, 1.82) is 0 Å². The molecule has 3 rings (SSSR count). The summed E-state index contributed by atoms with van der Waals surface area (Å²) in [6, 6.07) is 11.3. The van der Waals surface area contributed by atoms with E-state index in [2.05, 4.69) is 26.2 Å². The van der Waals surface area contributed by atoms with Gasteiger partial charge < -0.3 is 9.73 Å². The highest BCUT2D eigenvalue weighted by atomic mass is 79.9. The number of amidine groups is 1. The summed E-state index contributed by atoms with van der Waals surface area (Å²) in [5.74, 6) is 0.585. The molecule has 1 amide bonds. The smallest absolute Gasteiger partial charge is 0.264 e. The Hall–Kier alpha value is -2.05. The number of carbonyl (C=O) groups is 1. The molecule has 2 heterocycles. The Bertz CT molecular complexity index is 779. The summed E-state index contributed by atoms with van der Waals surface area (Å²) in [4.78, 5) is 16.9. The second-order valence-electron chi connectivity index (χ2n) is 4.33. The fourth-order valence-corrected chi connectivity index (χ4v) is 2.92. The van der Waals surface area contributed by atoms with Crippen molar-refractivity contribution in [3.63, 3.8) is 0 Å². The molecule has 6 heteroatoms. The van der Waals surface area contributed by atoms with E-state index in [-0.39, 0.29) is 5.91 Å². The number of thioether (sulfide) groups is 1. The van der Waals surface area contributed by atoms with Crippen molar-refractivity contribution in [2.75, 3.05) is 0 Å². The highest BCUT2D eigenvalue weighted by Crippen LogP contribution is 2.29. The van der Waals surface area contributed by atoms with Crippen LogP contribution in [0.25, 0.3) is 6.08 Å². The van der Waals surface area contributed by atoms with Gasteiger partial charge in [0, 0.05) is 4.47 Å². The Morgan fingerprint density at radius 3 is 2.86 bits per heavy atom. The standard InChI is InChI=1S/C16H11BrN2O2S/c17-12-7-1-2-8-13(12)18-16-19-15(20)14(22-16)9-3-5-11-6-4-10-21-11/h1-10H,(H,18,19,20). The molecule has 0 atom stereocenters. The lowest BCUT2D eigenvalue weighted by atomic mass is 10.3. The first-order valence-electron chi connectivity index (χ1n) is 6.47. The molecular formula is C16H11BrN2O2S. The van der Waals surface area contributed by atoms with Crippen LogP contribution in [0.1, 0.15) is 5.76 Å². The predicted molar refractivity (Wildman–Crippen MR) is 92.8 cm³/mol. The Labute approximate surface area is 140 Å². The van der Waals surface area contributed by atoms with Gasteiger partial charge in [0.25, 0.3) is 5.91 Å². The number of carbonyl (C=O) groups excluding carboxylic acids is 1. The maximum atomic E-state index is 11.9. The molecule has 1 N–H and O–H groups in total. The summed E-state index contributed by atoms with van der Waals surface area (Å²) in [5, 5.41) is 3.32. The van der Waals surface area contributed by atoms with Crippen molar-refractivity contribution in [2.45, 2.75) is 0 Å². The fourth-order valence-electron chi connectivity index (χ4n) is 1.76. The quantitative estimate of drug-likeness (QED) is 0.805. The fraction of sp³-hybridized carbons (Fsp3) is 0. The first-order valence-corrected chi connectivity index (χ1v) is 8.07. The minimum atomic E-state index is -0.153. The van der Waals surface area contributed by atoms with E-state index < -0.39 is 0 Å². The van der Waals surface area contributed by atoms with Crippen LogP contribution in [0, 0.1) is 0 Å². The molecule has 0 spiro atoms. The minimum Gasteiger partial charge on any atom is -0.465 e. The van der Waals surface area contributed by atoms with E-state index in [9.17, 15) is 4.79 Å². The minimum absolute atomic E-state index is 0.153. The normalized spacial score (nSPS) is 18.5. The summed E-state index contributed by atoms with van der Waals surface area (Å²) < 4.78 is 6.07. The molecule has 22 heavy (non-hydrogen) atoms. The highest BCUT2D eigenvalue weighted by molar-refractivity contribution is 9.10. The molecular weight excluding hydrogens is 364 g/mol. The topological polar surface area (TPSA) is 54.6 Å². The number of nitrogens with one attached hydrogen (secondary N) is 1. The number of nitrogens with zero attached hydrogens (tertiary/aromatic N) is 1. The van der Waals surface area contributed by atoms with Crippen molar-refractivity contribution >= 4 is 50.5 Å². The third-order valence-electron chi connectivity index (χ3n) is 2.78. The third kappa shape index (κ3) is 3.58. The molecule has 0 aliphatic carbocycles. The number of aliphatic imine (C=N–C) groups is 1. The van der Waals surface area contributed by atoms with Crippen LogP contribution in [0.2, 0.25) is 0 Å².